The molecule has 0 saturated carbocycles. The van der Waals surface area contributed by atoms with Crippen molar-refractivity contribution in [3.8, 4) is 0 Å². The maximum Gasteiger partial charge on any atom is 0.311 e. The van der Waals surface area contributed by atoms with Gasteiger partial charge < -0.3 is 19.6 Å². The molecule has 2 saturated heterocycles. The van der Waals surface area contributed by atoms with Crippen LogP contribution < -0.4 is 0 Å². The highest BCUT2D eigenvalue weighted by molar-refractivity contribution is 8.02. The van der Waals surface area contributed by atoms with Crippen molar-refractivity contribution in [3.63, 3.8) is 0 Å². The number of carbonyl (C=O) groups is 3. The Morgan fingerprint density at radius 2 is 1.70 bits per heavy atom. The van der Waals surface area contributed by atoms with E-state index in [0.717, 1.165) is 24.0 Å². The van der Waals surface area contributed by atoms with Crippen LogP contribution in [-0.4, -0.2) is 68.0 Å². The summed E-state index contributed by atoms with van der Waals surface area (Å²) in [6, 6.07) is 17.5. The number of benzene rings is 2. The summed E-state index contributed by atoms with van der Waals surface area (Å²) >= 11 is 1.52. The Labute approximate surface area is 238 Å². The Bertz CT molecular complexity index is 1350. The zero-order valence-corrected chi connectivity index (χ0v) is 23.3. The summed E-state index contributed by atoms with van der Waals surface area (Å²) in [7, 11) is 0. The van der Waals surface area contributed by atoms with Crippen LogP contribution in [-0.2, 0) is 25.7 Å². The summed E-state index contributed by atoms with van der Waals surface area (Å²) in [5, 5.41) is 10.7. The molecule has 40 heavy (non-hydrogen) atoms. The number of rotatable bonds is 5. The molecular formula is C32H34N2O5S. The van der Waals surface area contributed by atoms with Gasteiger partial charge in [0.25, 0.3) is 0 Å². The molecule has 2 amide bonds. The molecule has 2 fully saturated rings. The van der Waals surface area contributed by atoms with Crippen molar-refractivity contribution in [2.24, 2.45) is 11.8 Å². The monoisotopic (exact) mass is 558 g/mol. The fourth-order valence-electron chi connectivity index (χ4n) is 6.93. The van der Waals surface area contributed by atoms with E-state index in [1.807, 2.05) is 85.8 Å². The van der Waals surface area contributed by atoms with Crippen molar-refractivity contribution in [2.45, 2.75) is 47.9 Å². The first-order valence-corrected chi connectivity index (χ1v) is 14.7. The van der Waals surface area contributed by atoms with E-state index in [9.17, 15) is 19.5 Å². The van der Waals surface area contributed by atoms with Crippen LogP contribution in [0, 0.1) is 11.8 Å². The summed E-state index contributed by atoms with van der Waals surface area (Å²) in [6.07, 6.45) is 9.58. The Balaban J connectivity index is 1.50. The Morgan fingerprint density at radius 1 is 0.975 bits per heavy atom. The largest absolute Gasteiger partial charge is 0.465 e. The molecule has 0 aromatic heterocycles. The Kier molecular flexibility index (Phi) is 7.09. The number of likely N-dealkylation sites (tertiary alicyclic amines) is 1. The molecule has 0 radical (unpaired) electrons. The number of fused-ring (bicyclic) bond motifs is 2. The van der Waals surface area contributed by atoms with E-state index in [4.69, 9.17) is 4.74 Å². The van der Waals surface area contributed by atoms with E-state index >= 15 is 0 Å². The Morgan fingerprint density at radius 3 is 2.42 bits per heavy atom. The van der Waals surface area contributed by atoms with Gasteiger partial charge in [0, 0.05) is 17.8 Å². The molecule has 2 aromatic rings. The lowest BCUT2D eigenvalue weighted by atomic mass is 9.74. The summed E-state index contributed by atoms with van der Waals surface area (Å²) in [5.41, 5.74) is 1.73. The van der Waals surface area contributed by atoms with Crippen molar-refractivity contribution in [1.82, 2.24) is 9.80 Å². The number of esters is 1. The fraction of sp³-hybridized carbons (Fsp3) is 0.406. The molecule has 4 aliphatic heterocycles. The normalized spacial score (nSPS) is 33.1. The van der Waals surface area contributed by atoms with Crippen LogP contribution >= 0.6 is 11.8 Å². The lowest BCUT2D eigenvalue weighted by Crippen LogP contribution is -2.54. The van der Waals surface area contributed by atoms with Crippen LogP contribution in [0.15, 0.2) is 85.0 Å². The van der Waals surface area contributed by atoms with E-state index in [0.29, 0.717) is 19.7 Å². The van der Waals surface area contributed by atoms with Crippen molar-refractivity contribution in [2.75, 3.05) is 19.8 Å². The number of cyclic esters (lactones) is 1. The molecule has 6 atom stereocenters. The lowest BCUT2D eigenvalue weighted by Gasteiger charge is -2.40. The van der Waals surface area contributed by atoms with E-state index in [2.05, 4.69) is 6.08 Å². The van der Waals surface area contributed by atoms with Crippen LogP contribution in [0.5, 0.6) is 0 Å². The van der Waals surface area contributed by atoms with Crippen LogP contribution in [0.3, 0.4) is 0 Å². The van der Waals surface area contributed by atoms with Gasteiger partial charge in [-0.15, -0.1) is 11.8 Å². The molecule has 208 valence electrons. The first-order valence-electron chi connectivity index (χ1n) is 13.9. The molecule has 1 unspecified atom stereocenters. The van der Waals surface area contributed by atoms with Crippen LogP contribution in [0.1, 0.15) is 36.9 Å². The third kappa shape index (κ3) is 4.29. The number of allylic oxidation sites excluding steroid dienone is 1. The van der Waals surface area contributed by atoms with E-state index in [-0.39, 0.29) is 18.4 Å². The average Bonchev–Trinajstić information content (AvgIpc) is 3.32. The zero-order chi connectivity index (χ0) is 27.9. The van der Waals surface area contributed by atoms with Crippen molar-refractivity contribution >= 4 is 29.5 Å². The second-order valence-corrected chi connectivity index (χ2v) is 13.0. The first kappa shape index (κ1) is 26.8. The van der Waals surface area contributed by atoms with E-state index < -0.39 is 39.4 Å². The maximum atomic E-state index is 14.6. The van der Waals surface area contributed by atoms with Crippen molar-refractivity contribution in [3.05, 3.63) is 96.1 Å². The Hall–Kier alpha value is -3.36. The average molecular weight is 559 g/mol. The molecule has 0 aliphatic carbocycles. The van der Waals surface area contributed by atoms with Crippen molar-refractivity contribution in [1.29, 1.82) is 0 Å². The number of aliphatic hydroxyl groups is 1. The van der Waals surface area contributed by atoms with Gasteiger partial charge in [-0.25, -0.2) is 0 Å². The molecule has 7 nitrogen and oxygen atoms in total. The second-order valence-electron chi connectivity index (χ2n) is 11.2. The van der Waals surface area contributed by atoms with Gasteiger partial charge in [0.15, 0.2) is 0 Å². The summed E-state index contributed by atoms with van der Waals surface area (Å²) in [6.45, 7) is 2.72. The summed E-state index contributed by atoms with van der Waals surface area (Å²) in [5.74, 6) is -2.45. The molecule has 1 N–H and O–H groups in total. The summed E-state index contributed by atoms with van der Waals surface area (Å²) < 4.78 is 3.98. The van der Waals surface area contributed by atoms with Crippen LogP contribution in [0.4, 0.5) is 0 Å². The zero-order valence-electron chi connectivity index (χ0n) is 22.5. The standard InChI is InChI=1S/C32H34N2O5S/c1-31-16-9-4-10-19-39-30(38)26(31)25-28(36)34(24(21-35)23-14-7-3-8-15-23)27-29(37)33(18-11-17-32(25,27)40-31)20-22-12-5-2-6-13-22/h2-3,5-9,11-17,24-27,35H,4,10,18-21H2,1H3/b16-9-/t24-,25+,26+,27?,31-,32+/m1/s1. The number of aliphatic hydroxyl groups excluding tert-OH is 1. The van der Waals surface area contributed by atoms with Gasteiger partial charge in [-0.1, -0.05) is 85.0 Å². The minimum absolute atomic E-state index is 0.181. The molecule has 4 heterocycles. The third-order valence-electron chi connectivity index (χ3n) is 8.68. The fourth-order valence-corrected chi connectivity index (χ4v) is 9.07. The van der Waals surface area contributed by atoms with Gasteiger partial charge in [-0.3, -0.25) is 14.4 Å². The molecule has 2 aromatic carbocycles. The molecule has 1 spiro atoms. The predicted molar refractivity (Wildman–Crippen MR) is 153 cm³/mol. The molecule has 6 rings (SSSR count). The summed E-state index contributed by atoms with van der Waals surface area (Å²) in [4.78, 5) is 46.3. The molecule has 8 heteroatoms. The van der Waals surface area contributed by atoms with Gasteiger partial charge in [0.05, 0.1) is 35.8 Å². The lowest BCUT2D eigenvalue weighted by molar-refractivity contribution is -0.154. The van der Waals surface area contributed by atoms with Gasteiger partial charge >= 0.3 is 5.97 Å². The predicted octanol–water partition coefficient (Wildman–Crippen LogP) is 3.90. The minimum Gasteiger partial charge on any atom is -0.465 e. The van der Waals surface area contributed by atoms with E-state index in [1.54, 1.807) is 9.80 Å². The highest BCUT2D eigenvalue weighted by atomic mass is 32.2. The van der Waals surface area contributed by atoms with Crippen molar-refractivity contribution < 1.29 is 24.2 Å². The first-order chi connectivity index (χ1) is 19.4. The van der Waals surface area contributed by atoms with E-state index in [1.165, 1.54) is 11.8 Å². The van der Waals surface area contributed by atoms with Gasteiger partial charge in [-0.2, -0.15) is 0 Å². The highest BCUT2D eigenvalue weighted by Gasteiger charge is 2.74. The number of thioether (sulfide) groups is 1. The highest BCUT2D eigenvalue weighted by Crippen LogP contribution is 2.66. The topological polar surface area (TPSA) is 87.1 Å². The number of amides is 2. The smallest absolute Gasteiger partial charge is 0.311 e. The molecule has 0 bridgehead atoms. The van der Waals surface area contributed by atoms with Gasteiger partial charge in [-0.05, 0) is 30.9 Å². The van der Waals surface area contributed by atoms with Gasteiger partial charge in [0.1, 0.15) is 6.04 Å². The molecule has 4 aliphatic rings. The molecular weight excluding hydrogens is 524 g/mol. The SMILES string of the molecule is C[C@@]12/C=C\CCCOC(=O)[C@@H]1[C@H]1C(=O)N([C@H](CO)c3ccccc3)C3C(=O)N(Cc4ccccc4)CC=C[C@@]31S2. The third-order valence-corrected chi connectivity index (χ3v) is 10.5. The maximum absolute atomic E-state index is 14.6. The number of hydrogen-bond acceptors (Lipinski definition) is 6. The quantitative estimate of drug-likeness (QED) is 0.443. The number of ether oxygens (including phenoxy) is 1. The van der Waals surface area contributed by atoms with Crippen LogP contribution in [0.2, 0.25) is 0 Å². The number of hydrogen-bond donors (Lipinski definition) is 1. The van der Waals surface area contributed by atoms with Crippen LogP contribution in [0.25, 0.3) is 0 Å². The number of nitrogens with zero attached hydrogens (tertiary/aromatic N) is 2. The van der Waals surface area contributed by atoms with Gasteiger partial charge in [0.2, 0.25) is 11.8 Å². The minimum atomic E-state index is -0.996. The number of carbonyl (C=O) groups excluding carboxylic acids is 3. The second kappa shape index (κ2) is 10.6.